The van der Waals surface area contributed by atoms with Gasteiger partial charge in [0.25, 0.3) is 5.91 Å². The quantitative estimate of drug-likeness (QED) is 0.662. The molecule has 7 nitrogen and oxygen atoms in total. The van der Waals surface area contributed by atoms with Crippen LogP contribution >= 0.6 is 0 Å². The molecule has 1 aromatic heterocycles. The van der Waals surface area contributed by atoms with Crippen LogP contribution in [-0.4, -0.2) is 71.9 Å². The van der Waals surface area contributed by atoms with Crippen molar-refractivity contribution in [2.24, 2.45) is 0 Å². The van der Waals surface area contributed by atoms with Gasteiger partial charge in [-0.05, 0) is 31.0 Å². The first-order valence-electron chi connectivity index (χ1n) is 11.7. The lowest BCUT2D eigenvalue weighted by Gasteiger charge is -2.34. The molecule has 0 aliphatic carbocycles. The van der Waals surface area contributed by atoms with Gasteiger partial charge in [-0.3, -0.25) is 14.5 Å². The summed E-state index contributed by atoms with van der Waals surface area (Å²) in [5, 5.41) is 0. The zero-order chi connectivity index (χ0) is 22.3. The highest BCUT2D eigenvalue weighted by molar-refractivity contribution is 5.91. The minimum atomic E-state index is -0.108. The van der Waals surface area contributed by atoms with Gasteiger partial charge in [-0.25, -0.2) is 0 Å². The molecule has 3 heterocycles. The van der Waals surface area contributed by atoms with Crippen LogP contribution in [0.2, 0.25) is 0 Å². The molecule has 2 aliphatic heterocycles. The van der Waals surface area contributed by atoms with Crippen LogP contribution in [-0.2, 0) is 11.3 Å². The van der Waals surface area contributed by atoms with Crippen molar-refractivity contribution in [3.05, 3.63) is 54.0 Å². The summed E-state index contributed by atoms with van der Waals surface area (Å²) in [4.78, 5) is 31.3. The maximum Gasteiger partial charge on any atom is 0.289 e. The van der Waals surface area contributed by atoms with E-state index in [4.69, 9.17) is 9.15 Å². The maximum absolute atomic E-state index is 12.9. The SMILES string of the molecule is CCCC[C@@H]1CN(CCC(=O)N2CCN(C(=O)c3ccco3)CC2)Cc2ccccc2O1. The van der Waals surface area contributed by atoms with Crippen molar-refractivity contribution in [2.45, 2.75) is 45.3 Å². The Morgan fingerprint density at radius 1 is 1.03 bits per heavy atom. The molecule has 2 amide bonds. The second-order valence-corrected chi connectivity index (χ2v) is 8.63. The van der Waals surface area contributed by atoms with Gasteiger partial charge in [0.05, 0.1) is 6.26 Å². The Morgan fingerprint density at radius 3 is 2.56 bits per heavy atom. The summed E-state index contributed by atoms with van der Waals surface area (Å²) in [7, 11) is 0. The molecule has 0 radical (unpaired) electrons. The van der Waals surface area contributed by atoms with Crippen LogP contribution in [0, 0.1) is 0 Å². The molecule has 1 aromatic carbocycles. The number of benzene rings is 1. The number of ether oxygens (including phenoxy) is 1. The molecule has 1 saturated heterocycles. The molecule has 4 rings (SSSR count). The smallest absolute Gasteiger partial charge is 0.289 e. The normalized spacial score (nSPS) is 19.2. The number of unbranched alkanes of at least 4 members (excludes halogenated alkanes) is 1. The van der Waals surface area contributed by atoms with Crippen molar-refractivity contribution >= 4 is 11.8 Å². The van der Waals surface area contributed by atoms with E-state index in [1.807, 2.05) is 23.1 Å². The van der Waals surface area contributed by atoms with Crippen LogP contribution in [0.4, 0.5) is 0 Å². The van der Waals surface area contributed by atoms with Crippen LogP contribution in [0.1, 0.15) is 48.7 Å². The minimum absolute atomic E-state index is 0.108. The summed E-state index contributed by atoms with van der Waals surface area (Å²) < 4.78 is 11.5. The standard InChI is InChI=1S/C25H33N3O4/c1-2-3-8-21-19-26(18-20-7-4-5-9-22(20)32-21)12-11-24(29)27-13-15-28(16-14-27)25(30)23-10-6-17-31-23/h4-7,9-10,17,21H,2-3,8,11-16,18-19H2,1H3/t21-/m1/s1. The number of amides is 2. The molecule has 0 spiro atoms. The summed E-state index contributed by atoms with van der Waals surface area (Å²) in [5.41, 5.74) is 1.18. The molecular formula is C25H33N3O4. The highest BCUT2D eigenvalue weighted by Gasteiger charge is 2.27. The average molecular weight is 440 g/mol. The number of hydrogen-bond acceptors (Lipinski definition) is 5. The van der Waals surface area contributed by atoms with Gasteiger partial charge in [-0.2, -0.15) is 0 Å². The van der Waals surface area contributed by atoms with Crippen LogP contribution in [0.5, 0.6) is 5.75 Å². The van der Waals surface area contributed by atoms with E-state index in [1.54, 1.807) is 17.0 Å². The Kier molecular flexibility index (Phi) is 7.47. The lowest BCUT2D eigenvalue weighted by molar-refractivity contribution is -0.133. The Morgan fingerprint density at radius 2 is 1.81 bits per heavy atom. The van der Waals surface area contributed by atoms with Gasteiger partial charge in [-0.15, -0.1) is 0 Å². The molecule has 172 valence electrons. The van der Waals surface area contributed by atoms with Crippen molar-refractivity contribution in [3.63, 3.8) is 0 Å². The van der Waals surface area contributed by atoms with Gasteiger partial charge in [0.1, 0.15) is 11.9 Å². The second kappa shape index (κ2) is 10.7. The number of fused-ring (bicyclic) bond motifs is 1. The number of carbonyl (C=O) groups is 2. The minimum Gasteiger partial charge on any atom is -0.489 e. The van der Waals surface area contributed by atoms with Gasteiger partial charge in [0, 0.05) is 57.8 Å². The van der Waals surface area contributed by atoms with Gasteiger partial charge < -0.3 is 19.0 Å². The number of nitrogens with zero attached hydrogens (tertiary/aromatic N) is 3. The molecule has 1 fully saturated rings. The highest BCUT2D eigenvalue weighted by Crippen LogP contribution is 2.26. The van der Waals surface area contributed by atoms with Crippen molar-refractivity contribution in [2.75, 3.05) is 39.3 Å². The second-order valence-electron chi connectivity index (χ2n) is 8.63. The van der Waals surface area contributed by atoms with Gasteiger partial charge in [0.2, 0.25) is 5.91 Å². The van der Waals surface area contributed by atoms with E-state index in [2.05, 4.69) is 17.9 Å². The van der Waals surface area contributed by atoms with Gasteiger partial charge in [0.15, 0.2) is 5.76 Å². The Hall–Kier alpha value is -2.80. The van der Waals surface area contributed by atoms with Crippen LogP contribution in [0.3, 0.4) is 0 Å². The first-order valence-corrected chi connectivity index (χ1v) is 11.7. The molecule has 0 saturated carbocycles. The topological polar surface area (TPSA) is 66.2 Å². The molecule has 0 bridgehead atoms. The summed E-state index contributed by atoms with van der Waals surface area (Å²) in [6.45, 7) is 6.76. The van der Waals surface area contributed by atoms with E-state index in [9.17, 15) is 9.59 Å². The molecular weight excluding hydrogens is 406 g/mol. The Balaban J connectivity index is 1.29. The lowest BCUT2D eigenvalue weighted by Crippen LogP contribution is -2.51. The first-order chi connectivity index (χ1) is 15.6. The van der Waals surface area contributed by atoms with E-state index in [1.165, 1.54) is 11.8 Å². The molecule has 2 aromatic rings. The van der Waals surface area contributed by atoms with Crippen molar-refractivity contribution in [1.82, 2.24) is 14.7 Å². The fourth-order valence-electron chi connectivity index (χ4n) is 4.44. The first kappa shape index (κ1) is 22.4. The van der Waals surface area contributed by atoms with Gasteiger partial charge in [-0.1, -0.05) is 31.5 Å². The van der Waals surface area contributed by atoms with E-state index in [0.717, 1.165) is 38.1 Å². The molecule has 0 unspecified atom stereocenters. The lowest BCUT2D eigenvalue weighted by atomic mass is 10.1. The van der Waals surface area contributed by atoms with Crippen LogP contribution < -0.4 is 4.74 Å². The zero-order valence-electron chi connectivity index (χ0n) is 18.9. The average Bonchev–Trinajstić information content (AvgIpc) is 3.30. The fourth-order valence-corrected chi connectivity index (χ4v) is 4.44. The van der Waals surface area contributed by atoms with Gasteiger partial charge >= 0.3 is 0 Å². The van der Waals surface area contributed by atoms with Crippen LogP contribution in [0.25, 0.3) is 0 Å². The highest BCUT2D eigenvalue weighted by atomic mass is 16.5. The van der Waals surface area contributed by atoms with Crippen molar-refractivity contribution in [1.29, 1.82) is 0 Å². The fraction of sp³-hybridized carbons (Fsp3) is 0.520. The molecule has 0 N–H and O–H groups in total. The number of para-hydroxylation sites is 1. The summed E-state index contributed by atoms with van der Waals surface area (Å²) in [6.07, 6.45) is 5.46. The number of rotatable bonds is 7. The summed E-state index contributed by atoms with van der Waals surface area (Å²) >= 11 is 0. The third-order valence-corrected chi connectivity index (χ3v) is 6.30. The molecule has 7 heteroatoms. The van der Waals surface area contributed by atoms with Crippen molar-refractivity contribution < 1.29 is 18.7 Å². The Labute approximate surface area is 189 Å². The zero-order valence-corrected chi connectivity index (χ0v) is 18.9. The molecule has 1 atom stereocenters. The summed E-state index contributed by atoms with van der Waals surface area (Å²) in [5.74, 6) is 1.37. The maximum atomic E-state index is 12.9. The predicted octanol–water partition coefficient (Wildman–Crippen LogP) is 3.41. The summed E-state index contributed by atoms with van der Waals surface area (Å²) in [6, 6.07) is 11.6. The predicted molar refractivity (Wildman–Crippen MR) is 121 cm³/mol. The largest absolute Gasteiger partial charge is 0.489 e. The number of hydrogen-bond donors (Lipinski definition) is 0. The van der Waals surface area contributed by atoms with Crippen LogP contribution in [0.15, 0.2) is 47.1 Å². The van der Waals surface area contributed by atoms with Crippen molar-refractivity contribution in [3.8, 4) is 5.75 Å². The van der Waals surface area contributed by atoms with E-state index < -0.39 is 0 Å². The van der Waals surface area contributed by atoms with E-state index >= 15 is 0 Å². The Bertz CT molecular complexity index is 890. The third-order valence-electron chi connectivity index (χ3n) is 6.30. The number of furan rings is 1. The van der Waals surface area contributed by atoms with E-state index in [-0.39, 0.29) is 17.9 Å². The van der Waals surface area contributed by atoms with E-state index in [0.29, 0.717) is 44.9 Å². The third kappa shape index (κ3) is 5.51. The monoisotopic (exact) mass is 439 g/mol. The number of carbonyl (C=O) groups excluding carboxylic acids is 2. The number of piperazine rings is 1. The molecule has 32 heavy (non-hydrogen) atoms. The molecule has 2 aliphatic rings.